The van der Waals surface area contributed by atoms with Crippen LogP contribution in [0, 0.1) is 0 Å². The summed E-state index contributed by atoms with van der Waals surface area (Å²) < 4.78 is 0. The number of anilines is 1. The van der Waals surface area contributed by atoms with E-state index in [1.807, 2.05) is 32.0 Å². The molecule has 0 radical (unpaired) electrons. The van der Waals surface area contributed by atoms with Crippen molar-refractivity contribution in [2.45, 2.75) is 6.92 Å². The molecule has 0 unspecified atom stereocenters. The maximum atomic E-state index is 9.93. The highest BCUT2D eigenvalue weighted by molar-refractivity contribution is 6.30. The Balaban J connectivity index is 2.22. The third-order valence-electron chi connectivity index (χ3n) is 3.21. The topological polar surface area (TPSA) is 61.3 Å². The van der Waals surface area contributed by atoms with Gasteiger partial charge in [-0.3, -0.25) is 0 Å². The molecule has 0 fully saturated rings. The highest BCUT2D eigenvalue weighted by atomic mass is 35.5. The Bertz CT molecular complexity index is 686. The van der Waals surface area contributed by atoms with Crippen molar-refractivity contribution in [2.75, 3.05) is 26.0 Å². The van der Waals surface area contributed by atoms with Gasteiger partial charge >= 0.3 is 0 Å². The minimum absolute atomic E-state index is 0.101. The molecule has 22 heavy (non-hydrogen) atoms. The Morgan fingerprint density at radius 2 is 2.14 bits per heavy atom. The lowest BCUT2D eigenvalue weighted by molar-refractivity contribution is 0.477. The fourth-order valence-corrected chi connectivity index (χ4v) is 2.15. The number of nitrogens with zero attached hydrogens (tertiary/aromatic N) is 3. The van der Waals surface area contributed by atoms with E-state index in [1.54, 1.807) is 24.4 Å². The van der Waals surface area contributed by atoms with Crippen LogP contribution in [-0.2, 0) is 0 Å². The van der Waals surface area contributed by atoms with Gasteiger partial charge in [0.2, 0.25) is 0 Å². The number of nitrogens with one attached hydrogen (secondary N) is 1. The Hall–Kier alpha value is -2.27. The first-order valence-electron chi connectivity index (χ1n) is 6.89. The van der Waals surface area contributed by atoms with E-state index in [2.05, 4.69) is 15.3 Å². The molecule has 2 aromatic rings. The largest absolute Gasteiger partial charge is 0.507 e. The lowest BCUT2D eigenvalue weighted by atomic mass is 10.2. The summed E-state index contributed by atoms with van der Waals surface area (Å²) in [6.07, 6.45) is 3.69. The number of hydrogen-bond acceptors (Lipinski definition) is 5. The van der Waals surface area contributed by atoms with Gasteiger partial charge in [-0.15, -0.1) is 0 Å². The van der Waals surface area contributed by atoms with Gasteiger partial charge in [-0.05, 0) is 31.2 Å². The van der Waals surface area contributed by atoms with Crippen LogP contribution < -0.4 is 5.32 Å². The second-order valence-corrected chi connectivity index (χ2v) is 5.39. The Morgan fingerprint density at radius 3 is 2.82 bits per heavy atom. The van der Waals surface area contributed by atoms with Crippen LogP contribution in [0.15, 0.2) is 42.2 Å². The first kappa shape index (κ1) is 16.1. The van der Waals surface area contributed by atoms with Gasteiger partial charge in [-0.2, -0.15) is 0 Å². The quantitative estimate of drug-likeness (QED) is 0.885. The van der Waals surface area contributed by atoms with Crippen LogP contribution in [-0.4, -0.2) is 40.6 Å². The average Bonchev–Trinajstić information content (AvgIpc) is 2.50. The predicted octanol–water partition coefficient (Wildman–Crippen LogP) is 3.38. The van der Waals surface area contributed by atoms with Crippen molar-refractivity contribution in [2.24, 2.45) is 0 Å². The molecule has 116 valence electrons. The molecule has 0 atom stereocenters. The van der Waals surface area contributed by atoms with Gasteiger partial charge in [0.15, 0.2) is 5.82 Å². The molecule has 2 rings (SSSR count). The molecule has 0 aliphatic heterocycles. The second-order valence-electron chi connectivity index (χ2n) is 4.95. The van der Waals surface area contributed by atoms with Gasteiger partial charge < -0.3 is 15.3 Å². The molecule has 0 spiro atoms. The van der Waals surface area contributed by atoms with Gasteiger partial charge in [0, 0.05) is 31.0 Å². The zero-order valence-corrected chi connectivity index (χ0v) is 13.6. The second kappa shape index (κ2) is 7.13. The molecular formula is C16H19ClN4O. The Kier molecular flexibility index (Phi) is 5.22. The summed E-state index contributed by atoms with van der Waals surface area (Å²) in [6, 6.07) is 6.59. The van der Waals surface area contributed by atoms with E-state index in [-0.39, 0.29) is 5.75 Å². The van der Waals surface area contributed by atoms with Gasteiger partial charge in [0.1, 0.15) is 11.6 Å². The van der Waals surface area contributed by atoms with E-state index in [1.165, 1.54) is 6.07 Å². The standard InChI is InChI=1S/C16H19ClN4O/c1-4-12(21(2)3)10-19-15-7-8-18-16(20-15)13-9-11(17)5-6-14(13)22/h4-9,22H,10H2,1-3H3,(H,18,19,20)/b12-4-. The molecule has 0 aliphatic rings. The van der Waals surface area contributed by atoms with Gasteiger partial charge in [-0.25, -0.2) is 9.97 Å². The van der Waals surface area contributed by atoms with E-state index in [0.717, 1.165) is 5.70 Å². The first-order chi connectivity index (χ1) is 10.5. The van der Waals surface area contributed by atoms with Crippen LogP contribution in [0.5, 0.6) is 5.75 Å². The summed E-state index contributed by atoms with van der Waals surface area (Å²) in [5.41, 5.74) is 1.65. The number of aromatic hydroxyl groups is 1. The molecular weight excluding hydrogens is 300 g/mol. The number of rotatable bonds is 5. The summed E-state index contributed by atoms with van der Waals surface area (Å²) in [5.74, 6) is 1.21. The molecule has 0 bridgehead atoms. The molecule has 0 saturated carbocycles. The van der Waals surface area contributed by atoms with Crippen molar-refractivity contribution in [3.63, 3.8) is 0 Å². The molecule has 0 amide bonds. The maximum Gasteiger partial charge on any atom is 0.165 e. The smallest absolute Gasteiger partial charge is 0.165 e. The summed E-state index contributed by atoms with van der Waals surface area (Å²) in [4.78, 5) is 10.7. The Labute approximate surface area is 135 Å². The minimum Gasteiger partial charge on any atom is -0.507 e. The summed E-state index contributed by atoms with van der Waals surface area (Å²) in [5, 5.41) is 13.7. The van der Waals surface area contributed by atoms with Crippen LogP contribution in [0.3, 0.4) is 0 Å². The number of benzene rings is 1. The third kappa shape index (κ3) is 3.89. The maximum absolute atomic E-state index is 9.93. The van der Waals surface area contributed by atoms with Crippen LogP contribution in [0.25, 0.3) is 11.4 Å². The highest BCUT2D eigenvalue weighted by Gasteiger charge is 2.09. The summed E-state index contributed by atoms with van der Waals surface area (Å²) in [6.45, 7) is 2.65. The SMILES string of the molecule is C/C=C(/CNc1ccnc(-c2cc(Cl)ccc2O)n1)N(C)C. The van der Waals surface area contributed by atoms with E-state index in [9.17, 15) is 5.11 Å². The van der Waals surface area contributed by atoms with Crippen molar-refractivity contribution in [3.05, 3.63) is 47.3 Å². The fourth-order valence-electron chi connectivity index (χ4n) is 1.97. The van der Waals surface area contributed by atoms with Gasteiger partial charge in [-0.1, -0.05) is 17.7 Å². The molecule has 0 saturated heterocycles. The van der Waals surface area contributed by atoms with E-state index >= 15 is 0 Å². The molecule has 2 N–H and O–H groups in total. The monoisotopic (exact) mass is 318 g/mol. The number of likely N-dealkylation sites (N-methyl/N-ethyl adjacent to an activating group) is 1. The lowest BCUT2D eigenvalue weighted by Crippen LogP contribution is -2.19. The minimum atomic E-state index is 0.101. The van der Waals surface area contributed by atoms with Crippen LogP contribution in [0.2, 0.25) is 5.02 Å². The molecule has 0 aliphatic carbocycles. The van der Waals surface area contributed by atoms with E-state index in [0.29, 0.717) is 28.8 Å². The first-order valence-corrected chi connectivity index (χ1v) is 7.27. The van der Waals surface area contributed by atoms with Crippen LogP contribution >= 0.6 is 11.6 Å². The number of phenols is 1. The normalized spacial score (nSPS) is 11.4. The number of aromatic nitrogens is 2. The fraction of sp³-hybridized carbons (Fsp3) is 0.250. The van der Waals surface area contributed by atoms with Crippen molar-refractivity contribution in [1.29, 1.82) is 0 Å². The number of phenolic OH excluding ortho intramolecular Hbond substituents is 1. The molecule has 1 aromatic heterocycles. The highest BCUT2D eigenvalue weighted by Crippen LogP contribution is 2.29. The third-order valence-corrected chi connectivity index (χ3v) is 3.45. The summed E-state index contributed by atoms with van der Waals surface area (Å²) >= 11 is 5.97. The number of hydrogen-bond donors (Lipinski definition) is 2. The van der Waals surface area contributed by atoms with Crippen molar-refractivity contribution < 1.29 is 5.11 Å². The van der Waals surface area contributed by atoms with Crippen molar-refractivity contribution >= 4 is 17.4 Å². The van der Waals surface area contributed by atoms with Crippen molar-refractivity contribution in [1.82, 2.24) is 14.9 Å². The van der Waals surface area contributed by atoms with E-state index in [4.69, 9.17) is 11.6 Å². The van der Waals surface area contributed by atoms with Crippen LogP contribution in [0.1, 0.15) is 6.92 Å². The molecule has 5 nitrogen and oxygen atoms in total. The number of allylic oxidation sites excluding steroid dienone is 1. The van der Waals surface area contributed by atoms with Gasteiger partial charge in [0.25, 0.3) is 0 Å². The van der Waals surface area contributed by atoms with Crippen LogP contribution in [0.4, 0.5) is 5.82 Å². The molecule has 1 aromatic carbocycles. The predicted molar refractivity (Wildman–Crippen MR) is 90.1 cm³/mol. The summed E-state index contributed by atoms with van der Waals surface area (Å²) in [7, 11) is 3.98. The molecule has 1 heterocycles. The number of halogens is 1. The lowest BCUT2D eigenvalue weighted by Gasteiger charge is -2.17. The zero-order chi connectivity index (χ0) is 16.1. The van der Waals surface area contributed by atoms with E-state index < -0.39 is 0 Å². The average molecular weight is 319 g/mol. The van der Waals surface area contributed by atoms with Crippen molar-refractivity contribution in [3.8, 4) is 17.1 Å². The van der Waals surface area contributed by atoms with Gasteiger partial charge in [0.05, 0.1) is 12.1 Å². The molecule has 6 heteroatoms. The Morgan fingerprint density at radius 1 is 1.36 bits per heavy atom. The zero-order valence-electron chi connectivity index (χ0n) is 12.8.